The van der Waals surface area contributed by atoms with Crippen molar-refractivity contribution in [3.8, 4) is 0 Å². The molecule has 0 spiro atoms. The lowest BCUT2D eigenvalue weighted by molar-refractivity contribution is 0.150. The lowest BCUT2D eigenvalue weighted by Crippen LogP contribution is -2.45. The van der Waals surface area contributed by atoms with E-state index in [0.29, 0.717) is 0 Å². The molecule has 3 heterocycles. The maximum Gasteiger partial charge on any atom is 0.215 e. The molecule has 0 amide bonds. The van der Waals surface area contributed by atoms with Crippen LogP contribution in [0.25, 0.3) is 16.8 Å². The Morgan fingerprint density at radius 3 is 2.44 bits per heavy atom. The van der Waals surface area contributed by atoms with E-state index in [-0.39, 0.29) is 5.41 Å². The van der Waals surface area contributed by atoms with E-state index < -0.39 is 0 Å². The highest BCUT2D eigenvalue weighted by atomic mass is 15.3. The second kappa shape index (κ2) is 6.15. The quantitative estimate of drug-likeness (QED) is 0.735. The Kier molecular flexibility index (Phi) is 4.08. The molecule has 0 bridgehead atoms. The van der Waals surface area contributed by atoms with Crippen molar-refractivity contribution >= 4 is 16.8 Å². The summed E-state index contributed by atoms with van der Waals surface area (Å²) in [5.41, 5.74) is 3.73. The van der Waals surface area contributed by atoms with E-state index in [1.165, 1.54) is 24.3 Å². The van der Waals surface area contributed by atoms with Gasteiger partial charge in [-0.2, -0.15) is 0 Å². The molecule has 1 aliphatic rings. The number of aromatic nitrogens is 3. The molecule has 1 aliphatic heterocycles. The fourth-order valence-corrected chi connectivity index (χ4v) is 3.78. The van der Waals surface area contributed by atoms with Crippen LogP contribution in [0.4, 0.5) is 0 Å². The number of hydrogen-bond donors (Lipinski definition) is 0. The number of imidazole rings is 2. The molecular weight excluding hydrogens is 310 g/mol. The van der Waals surface area contributed by atoms with Crippen molar-refractivity contribution in [1.29, 1.82) is 0 Å². The molecule has 2 aromatic heterocycles. The molecule has 0 N–H and O–H groups in total. The Morgan fingerprint density at radius 1 is 1.00 bits per heavy atom. The SMILES string of the molecule is CN1CCN(CCn2c(C(C)(C)C)cn3c4ccccc4nc23)CC1. The Hall–Kier alpha value is -1.85. The Bertz CT molecular complexity index is 875. The zero-order chi connectivity index (χ0) is 17.6. The molecule has 3 aromatic rings. The largest absolute Gasteiger partial charge is 0.312 e. The first-order valence-electron chi connectivity index (χ1n) is 9.31. The van der Waals surface area contributed by atoms with Gasteiger partial charge in [0.05, 0.1) is 11.0 Å². The Morgan fingerprint density at radius 2 is 1.72 bits per heavy atom. The van der Waals surface area contributed by atoms with E-state index in [4.69, 9.17) is 4.98 Å². The summed E-state index contributed by atoms with van der Waals surface area (Å²) in [6.45, 7) is 13.6. The van der Waals surface area contributed by atoms with E-state index in [0.717, 1.165) is 37.5 Å². The van der Waals surface area contributed by atoms with Gasteiger partial charge in [0.25, 0.3) is 0 Å². The molecule has 134 valence electrons. The van der Waals surface area contributed by atoms with Gasteiger partial charge in [-0.05, 0) is 19.2 Å². The van der Waals surface area contributed by atoms with Crippen LogP contribution in [0.2, 0.25) is 0 Å². The number of rotatable bonds is 3. The predicted octanol–water partition coefficient (Wildman–Crippen LogP) is 2.83. The molecular formula is C20H29N5. The van der Waals surface area contributed by atoms with Crippen molar-refractivity contribution in [2.24, 2.45) is 0 Å². The summed E-state index contributed by atoms with van der Waals surface area (Å²) in [5, 5.41) is 0. The molecule has 0 unspecified atom stereocenters. The van der Waals surface area contributed by atoms with Gasteiger partial charge in [-0.25, -0.2) is 4.98 Å². The minimum absolute atomic E-state index is 0.101. The van der Waals surface area contributed by atoms with Crippen LogP contribution >= 0.6 is 0 Å². The summed E-state index contributed by atoms with van der Waals surface area (Å²) in [6, 6.07) is 8.42. The lowest BCUT2D eigenvalue weighted by atomic mass is 9.92. The number of likely N-dealkylation sites (N-methyl/N-ethyl adjacent to an activating group) is 1. The molecule has 5 nitrogen and oxygen atoms in total. The molecule has 5 heteroatoms. The summed E-state index contributed by atoms with van der Waals surface area (Å²) >= 11 is 0. The number of piperazine rings is 1. The topological polar surface area (TPSA) is 28.7 Å². The molecule has 1 saturated heterocycles. The molecule has 0 aliphatic carbocycles. The average Bonchev–Trinajstić information content (AvgIpc) is 3.10. The number of fused-ring (bicyclic) bond motifs is 3. The molecule has 1 fully saturated rings. The van der Waals surface area contributed by atoms with Gasteiger partial charge in [-0.3, -0.25) is 9.30 Å². The molecule has 0 atom stereocenters. The van der Waals surface area contributed by atoms with E-state index in [1.807, 2.05) is 0 Å². The minimum atomic E-state index is 0.101. The second-order valence-corrected chi connectivity index (χ2v) is 8.33. The second-order valence-electron chi connectivity index (χ2n) is 8.33. The van der Waals surface area contributed by atoms with Crippen LogP contribution in [0.5, 0.6) is 0 Å². The average molecular weight is 339 g/mol. The normalized spacial score (nSPS) is 17.8. The summed E-state index contributed by atoms with van der Waals surface area (Å²) < 4.78 is 4.69. The van der Waals surface area contributed by atoms with Gasteiger partial charge in [0.1, 0.15) is 0 Å². The van der Waals surface area contributed by atoms with E-state index in [1.54, 1.807) is 0 Å². The van der Waals surface area contributed by atoms with Crippen molar-refractivity contribution in [2.75, 3.05) is 39.8 Å². The first-order chi connectivity index (χ1) is 11.9. The third kappa shape index (κ3) is 3.07. The van der Waals surface area contributed by atoms with Gasteiger partial charge in [0.15, 0.2) is 0 Å². The summed E-state index contributed by atoms with van der Waals surface area (Å²) in [7, 11) is 2.21. The highest BCUT2D eigenvalue weighted by Crippen LogP contribution is 2.27. The molecule has 1 aromatic carbocycles. The zero-order valence-electron chi connectivity index (χ0n) is 15.9. The zero-order valence-corrected chi connectivity index (χ0v) is 15.9. The van der Waals surface area contributed by atoms with Gasteiger partial charge in [0.2, 0.25) is 5.78 Å². The molecule has 0 radical (unpaired) electrons. The van der Waals surface area contributed by atoms with Crippen LogP contribution in [0, 0.1) is 0 Å². The van der Waals surface area contributed by atoms with Crippen molar-refractivity contribution < 1.29 is 0 Å². The number of para-hydroxylation sites is 2. The summed E-state index contributed by atoms with van der Waals surface area (Å²) in [5.74, 6) is 1.07. The molecule has 4 rings (SSSR count). The van der Waals surface area contributed by atoms with E-state index in [2.05, 4.69) is 77.0 Å². The first-order valence-corrected chi connectivity index (χ1v) is 9.31. The number of benzene rings is 1. The van der Waals surface area contributed by atoms with E-state index in [9.17, 15) is 0 Å². The van der Waals surface area contributed by atoms with Gasteiger partial charge in [-0.1, -0.05) is 32.9 Å². The van der Waals surface area contributed by atoms with Gasteiger partial charge >= 0.3 is 0 Å². The highest BCUT2D eigenvalue weighted by Gasteiger charge is 2.24. The van der Waals surface area contributed by atoms with E-state index >= 15 is 0 Å². The van der Waals surface area contributed by atoms with Crippen molar-refractivity contribution in [3.05, 3.63) is 36.2 Å². The molecule has 0 saturated carbocycles. The van der Waals surface area contributed by atoms with Crippen LogP contribution in [-0.2, 0) is 12.0 Å². The van der Waals surface area contributed by atoms with Crippen molar-refractivity contribution in [3.63, 3.8) is 0 Å². The van der Waals surface area contributed by atoms with Crippen LogP contribution in [0.15, 0.2) is 30.5 Å². The molecule has 25 heavy (non-hydrogen) atoms. The maximum absolute atomic E-state index is 4.92. The number of hydrogen-bond acceptors (Lipinski definition) is 3. The number of nitrogens with zero attached hydrogens (tertiary/aromatic N) is 5. The van der Waals surface area contributed by atoms with Gasteiger partial charge in [0, 0.05) is 56.6 Å². The standard InChI is InChI=1S/C20H29N5/c1-20(2,3)18-15-25-17-8-6-5-7-16(17)21-19(25)24(18)14-13-23-11-9-22(4)10-12-23/h5-8,15H,9-14H2,1-4H3. The Balaban J connectivity index is 1.69. The third-order valence-electron chi connectivity index (χ3n) is 5.36. The van der Waals surface area contributed by atoms with Gasteiger partial charge in [-0.15, -0.1) is 0 Å². The fraction of sp³-hybridized carbons (Fsp3) is 0.550. The monoisotopic (exact) mass is 339 g/mol. The first kappa shape index (κ1) is 16.6. The van der Waals surface area contributed by atoms with Crippen LogP contribution in [0.3, 0.4) is 0 Å². The minimum Gasteiger partial charge on any atom is -0.312 e. The lowest BCUT2D eigenvalue weighted by Gasteiger charge is -2.32. The van der Waals surface area contributed by atoms with Crippen LogP contribution in [0.1, 0.15) is 26.5 Å². The van der Waals surface area contributed by atoms with Crippen molar-refractivity contribution in [2.45, 2.75) is 32.7 Å². The van der Waals surface area contributed by atoms with Crippen LogP contribution in [-0.4, -0.2) is 63.5 Å². The van der Waals surface area contributed by atoms with Gasteiger partial charge < -0.3 is 9.47 Å². The highest BCUT2D eigenvalue weighted by molar-refractivity contribution is 5.79. The smallest absolute Gasteiger partial charge is 0.215 e. The van der Waals surface area contributed by atoms with Crippen LogP contribution < -0.4 is 0 Å². The summed E-state index contributed by atoms with van der Waals surface area (Å²) in [6.07, 6.45) is 2.29. The summed E-state index contributed by atoms with van der Waals surface area (Å²) in [4.78, 5) is 9.91. The predicted molar refractivity (Wildman–Crippen MR) is 103 cm³/mol. The van der Waals surface area contributed by atoms with Crippen molar-refractivity contribution in [1.82, 2.24) is 23.8 Å². The Labute approximate surface area is 149 Å². The maximum atomic E-state index is 4.92. The fourth-order valence-electron chi connectivity index (χ4n) is 3.78. The third-order valence-corrected chi connectivity index (χ3v) is 5.36.